The molecular weight excluding hydrogens is 335 g/mol. The Hall–Kier alpha value is -2.14. The predicted molar refractivity (Wildman–Crippen MR) is 102 cm³/mol. The van der Waals surface area contributed by atoms with Crippen LogP contribution in [0, 0.1) is 5.82 Å². The molecule has 2 atom stereocenters. The van der Waals surface area contributed by atoms with Gasteiger partial charge in [-0.2, -0.15) is 0 Å². The van der Waals surface area contributed by atoms with E-state index < -0.39 is 5.72 Å². The zero-order valence-electron chi connectivity index (χ0n) is 14.5. The first-order valence-electron chi connectivity index (χ1n) is 8.56. The van der Waals surface area contributed by atoms with Crippen LogP contribution in [0.25, 0.3) is 0 Å². The molecule has 1 fully saturated rings. The van der Waals surface area contributed by atoms with E-state index in [9.17, 15) is 4.39 Å². The first-order chi connectivity index (χ1) is 11.9. The van der Waals surface area contributed by atoms with E-state index in [-0.39, 0.29) is 11.9 Å². The average Bonchev–Trinajstić information content (AvgIpc) is 2.55. The van der Waals surface area contributed by atoms with Gasteiger partial charge in [0.15, 0.2) is 10.8 Å². The van der Waals surface area contributed by atoms with E-state index in [0.717, 1.165) is 11.3 Å². The SMILES string of the molecule is CC(C)c1ccc(N2C(=S)N[C@H]3C[C@@]2(C)Oc2ccc(F)cc23)cc1. The quantitative estimate of drug-likeness (QED) is 0.775. The first kappa shape index (κ1) is 16.3. The summed E-state index contributed by atoms with van der Waals surface area (Å²) >= 11 is 5.62. The number of hydrogen-bond donors (Lipinski definition) is 1. The number of anilines is 1. The van der Waals surface area contributed by atoms with Crippen LogP contribution in [0.15, 0.2) is 42.5 Å². The zero-order valence-corrected chi connectivity index (χ0v) is 15.4. The summed E-state index contributed by atoms with van der Waals surface area (Å²) < 4.78 is 19.9. The van der Waals surface area contributed by atoms with Crippen LogP contribution in [-0.2, 0) is 0 Å². The van der Waals surface area contributed by atoms with Crippen molar-refractivity contribution in [3.05, 3.63) is 59.4 Å². The van der Waals surface area contributed by atoms with Crippen LogP contribution in [0.2, 0.25) is 0 Å². The van der Waals surface area contributed by atoms with Crippen LogP contribution in [-0.4, -0.2) is 10.8 Å². The Morgan fingerprint density at radius 2 is 1.96 bits per heavy atom. The van der Waals surface area contributed by atoms with Gasteiger partial charge in [0.25, 0.3) is 0 Å². The summed E-state index contributed by atoms with van der Waals surface area (Å²) in [5.41, 5.74) is 2.51. The van der Waals surface area contributed by atoms with Gasteiger partial charge in [-0.15, -0.1) is 0 Å². The molecule has 2 aromatic rings. The molecule has 2 aliphatic heterocycles. The molecule has 3 nitrogen and oxygen atoms in total. The van der Waals surface area contributed by atoms with Gasteiger partial charge in [0.1, 0.15) is 11.6 Å². The summed E-state index contributed by atoms with van der Waals surface area (Å²) in [4.78, 5) is 2.02. The minimum Gasteiger partial charge on any atom is -0.467 e. The molecule has 0 aliphatic carbocycles. The summed E-state index contributed by atoms with van der Waals surface area (Å²) in [7, 11) is 0. The minimum absolute atomic E-state index is 0.0388. The molecule has 2 bridgehead atoms. The minimum atomic E-state index is -0.600. The molecule has 0 spiro atoms. The highest BCUT2D eigenvalue weighted by atomic mass is 32.1. The third-order valence-electron chi connectivity index (χ3n) is 5.05. The van der Waals surface area contributed by atoms with Crippen molar-refractivity contribution in [3.63, 3.8) is 0 Å². The van der Waals surface area contributed by atoms with Crippen LogP contribution in [0.4, 0.5) is 10.1 Å². The highest BCUT2D eigenvalue weighted by molar-refractivity contribution is 7.80. The largest absolute Gasteiger partial charge is 0.467 e. The Bertz CT molecular complexity index is 836. The van der Waals surface area contributed by atoms with Gasteiger partial charge in [0, 0.05) is 17.7 Å². The van der Waals surface area contributed by atoms with Gasteiger partial charge in [-0.1, -0.05) is 26.0 Å². The summed E-state index contributed by atoms with van der Waals surface area (Å²) in [6, 6.07) is 13.0. The highest BCUT2D eigenvalue weighted by Gasteiger charge is 2.48. The zero-order chi connectivity index (χ0) is 17.8. The van der Waals surface area contributed by atoms with Crippen molar-refractivity contribution in [2.24, 2.45) is 0 Å². The molecule has 2 heterocycles. The van der Waals surface area contributed by atoms with Gasteiger partial charge < -0.3 is 10.1 Å². The summed E-state index contributed by atoms with van der Waals surface area (Å²) in [6.07, 6.45) is 0.690. The summed E-state index contributed by atoms with van der Waals surface area (Å²) in [6.45, 7) is 6.39. The van der Waals surface area contributed by atoms with Crippen LogP contribution in [0.3, 0.4) is 0 Å². The van der Waals surface area contributed by atoms with Gasteiger partial charge in [-0.25, -0.2) is 4.39 Å². The molecule has 0 amide bonds. The number of rotatable bonds is 2. The molecule has 2 aromatic carbocycles. The molecule has 0 saturated carbocycles. The predicted octanol–water partition coefficient (Wildman–Crippen LogP) is 4.88. The molecule has 5 heteroatoms. The third-order valence-corrected chi connectivity index (χ3v) is 5.35. The van der Waals surface area contributed by atoms with Crippen LogP contribution in [0.5, 0.6) is 5.75 Å². The molecule has 0 aromatic heterocycles. The van der Waals surface area contributed by atoms with E-state index in [0.29, 0.717) is 23.2 Å². The fourth-order valence-electron chi connectivity index (χ4n) is 3.74. The normalized spacial score (nSPS) is 24.6. The maximum Gasteiger partial charge on any atom is 0.188 e. The third kappa shape index (κ3) is 2.67. The van der Waals surface area contributed by atoms with Crippen molar-refractivity contribution >= 4 is 23.0 Å². The molecule has 0 unspecified atom stereocenters. The number of fused-ring (bicyclic) bond motifs is 4. The van der Waals surface area contributed by atoms with Gasteiger partial charge >= 0.3 is 0 Å². The van der Waals surface area contributed by atoms with Crippen molar-refractivity contribution in [2.75, 3.05) is 4.90 Å². The number of halogens is 1. The van der Waals surface area contributed by atoms with Crippen molar-refractivity contribution in [1.29, 1.82) is 0 Å². The van der Waals surface area contributed by atoms with Crippen molar-refractivity contribution in [3.8, 4) is 5.75 Å². The van der Waals surface area contributed by atoms with Gasteiger partial charge in [-0.3, -0.25) is 4.90 Å². The van der Waals surface area contributed by atoms with Crippen molar-refractivity contribution in [2.45, 2.75) is 44.9 Å². The number of ether oxygens (including phenoxy) is 1. The van der Waals surface area contributed by atoms with E-state index in [1.807, 2.05) is 11.8 Å². The molecule has 4 rings (SSSR count). The fourth-order valence-corrected chi connectivity index (χ4v) is 4.19. The molecule has 2 aliphatic rings. The average molecular weight is 356 g/mol. The molecule has 25 heavy (non-hydrogen) atoms. The van der Waals surface area contributed by atoms with Crippen molar-refractivity contribution in [1.82, 2.24) is 5.32 Å². The smallest absolute Gasteiger partial charge is 0.188 e. The van der Waals surface area contributed by atoms with E-state index >= 15 is 0 Å². The lowest BCUT2D eigenvalue weighted by atomic mass is 9.90. The number of nitrogens with one attached hydrogen (secondary N) is 1. The maximum absolute atomic E-state index is 13.6. The second-order valence-corrected chi connectivity index (χ2v) is 7.63. The van der Waals surface area contributed by atoms with E-state index in [4.69, 9.17) is 17.0 Å². The molecule has 1 N–H and O–H groups in total. The molecule has 1 saturated heterocycles. The maximum atomic E-state index is 13.6. The fraction of sp³-hybridized carbons (Fsp3) is 0.350. The van der Waals surface area contributed by atoms with Crippen molar-refractivity contribution < 1.29 is 9.13 Å². The lowest BCUT2D eigenvalue weighted by Gasteiger charge is -2.52. The standard InChI is InChI=1S/C20H21FN2OS/c1-12(2)13-4-7-15(8-5-13)23-19(25)22-17-11-20(23,3)24-18-9-6-14(21)10-16(17)18/h4-10,12,17H,11H2,1-3H3,(H,22,25)/t17-,20+/m0/s1. The number of nitrogens with zero attached hydrogens (tertiary/aromatic N) is 1. The molecule has 130 valence electrons. The Labute approximate surface area is 152 Å². The van der Waals surface area contributed by atoms with E-state index in [1.54, 1.807) is 6.07 Å². The van der Waals surface area contributed by atoms with Gasteiger partial charge in [0.2, 0.25) is 0 Å². The second-order valence-electron chi connectivity index (χ2n) is 7.25. The Morgan fingerprint density at radius 3 is 2.64 bits per heavy atom. The molecule has 0 radical (unpaired) electrons. The second kappa shape index (κ2) is 5.70. The first-order valence-corrected chi connectivity index (χ1v) is 8.97. The van der Waals surface area contributed by atoms with Crippen LogP contribution in [0.1, 0.15) is 50.3 Å². The summed E-state index contributed by atoms with van der Waals surface area (Å²) in [5.74, 6) is 0.928. The lowest BCUT2D eigenvalue weighted by Crippen LogP contribution is -2.65. The Balaban J connectivity index is 1.73. The van der Waals surface area contributed by atoms with E-state index in [2.05, 4.69) is 43.4 Å². The summed E-state index contributed by atoms with van der Waals surface area (Å²) in [5, 5.41) is 3.96. The Morgan fingerprint density at radius 1 is 1.24 bits per heavy atom. The highest BCUT2D eigenvalue weighted by Crippen LogP contribution is 2.45. The number of benzene rings is 2. The van der Waals surface area contributed by atoms with Gasteiger partial charge in [0.05, 0.1) is 6.04 Å². The monoisotopic (exact) mass is 356 g/mol. The molecular formula is C20H21FN2OS. The topological polar surface area (TPSA) is 24.5 Å². The van der Waals surface area contributed by atoms with Crippen LogP contribution < -0.4 is 15.0 Å². The number of hydrogen-bond acceptors (Lipinski definition) is 2. The lowest BCUT2D eigenvalue weighted by molar-refractivity contribution is 0.0495. The van der Waals surface area contributed by atoms with Gasteiger partial charge in [-0.05, 0) is 61.0 Å². The number of thiocarbonyl (C=S) groups is 1. The van der Waals surface area contributed by atoms with E-state index in [1.165, 1.54) is 17.7 Å². The van der Waals surface area contributed by atoms with Crippen LogP contribution >= 0.6 is 12.2 Å². The Kier molecular flexibility index (Phi) is 3.72.